The maximum atomic E-state index is 10.7. The topological polar surface area (TPSA) is 61.6 Å². The zero-order chi connectivity index (χ0) is 20.5. The van der Waals surface area contributed by atoms with Crippen molar-refractivity contribution in [2.45, 2.75) is 26.3 Å². The summed E-state index contributed by atoms with van der Waals surface area (Å²) in [5, 5.41) is 10.7. The van der Waals surface area contributed by atoms with Gasteiger partial charge in [0.1, 0.15) is 5.75 Å². The second kappa shape index (κ2) is 10.5. The van der Waals surface area contributed by atoms with Gasteiger partial charge in [0, 0.05) is 73.6 Å². The number of aromatic hydroxyl groups is 1. The molecule has 3 rings (SSSR count). The van der Waals surface area contributed by atoms with Crippen LogP contribution in [0.1, 0.15) is 28.1 Å². The summed E-state index contributed by atoms with van der Waals surface area (Å²) < 4.78 is 0. The molecule has 0 saturated carbocycles. The predicted octanol–water partition coefficient (Wildman–Crippen LogP) is 3.83. The molecular weight excluding hydrogens is 360 g/mol. The van der Waals surface area contributed by atoms with Crippen LogP contribution in [0.4, 0.5) is 0 Å². The third-order valence-electron chi connectivity index (χ3n) is 4.73. The van der Waals surface area contributed by atoms with Crippen molar-refractivity contribution in [1.29, 1.82) is 0 Å². The number of phenolic OH excluding ortho intramolecular Hbond substituents is 1. The molecule has 1 aromatic carbocycles. The first-order chi connectivity index (χ1) is 14.1. The Hall–Kier alpha value is -3.05. The number of phenols is 1. The van der Waals surface area contributed by atoms with E-state index in [0.717, 1.165) is 47.5 Å². The zero-order valence-electron chi connectivity index (χ0n) is 17.1. The molecule has 0 aliphatic heterocycles. The van der Waals surface area contributed by atoms with Crippen LogP contribution in [-0.4, -0.2) is 46.3 Å². The molecule has 0 amide bonds. The van der Waals surface area contributed by atoms with Crippen molar-refractivity contribution >= 4 is 6.21 Å². The van der Waals surface area contributed by atoms with E-state index in [1.807, 2.05) is 61.7 Å². The largest absolute Gasteiger partial charge is 0.507 e. The monoisotopic (exact) mass is 388 g/mol. The van der Waals surface area contributed by atoms with E-state index in [-0.39, 0.29) is 0 Å². The molecule has 0 fully saturated rings. The van der Waals surface area contributed by atoms with E-state index in [0.29, 0.717) is 18.8 Å². The van der Waals surface area contributed by atoms with Gasteiger partial charge in [-0.2, -0.15) is 0 Å². The molecule has 0 aliphatic carbocycles. The van der Waals surface area contributed by atoms with Gasteiger partial charge in [0.2, 0.25) is 0 Å². The highest BCUT2D eigenvalue weighted by Crippen LogP contribution is 2.24. The Morgan fingerprint density at radius 3 is 2.34 bits per heavy atom. The molecule has 2 heterocycles. The Labute approximate surface area is 172 Å². The van der Waals surface area contributed by atoms with E-state index < -0.39 is 0 Å². The number of aromatic nitrogens is 2. The predicted molar refractivity (Wildman–Crippen MR) is 118 cm³/mol. The van der Waals surface area contributed by atoms with E-state index in [1.54, 1.807) is 12.4 Å². The van der Waals surface area contributed by atoms with Gasteiger partial charge in [0.05, 0.1) is 0 Å². The number of aryl methyl sites for hydroxylation is 1. The summed E-state index contributed by atoms with van der Waals surface area (Å²) in [6, 6.07) is 15.9. The van der Waals surface area contributed by atoms with Crippen molar-refractivity contribution < 1.29 is 5.11 Å². The van der Waals surface area contributed by atoms with E-state index >= 15 is 0 Å². The van der Waals surface area contributed by atoms with Gasteiger partial charge in [-0.05, 0) is 49.9 Å². The van der Waals surface area contributed by atoms with Gasteiger partial charge in [-0.25, -0.2) is 0 Å². The fourth-order valence-corrected chi connectivity index (χ4v) is 3.21. The average Bonchev–Trinajstić information content (AvgIpc) is 2.74. The number of benzene rings is 1. The molecule has 0 radical (unpaired) electrons. The molecule has 5 nitrogen and oxygen atoms in total. The van der Waals surface area contributed by atoms with Crippen molar-refractivity contribution in [2.75, 3.05) is 20.1 Å². The third-order valence-corrected chi connectivity index (χ3v) is 4.73. The van der Waals surface area contributed by atoms with Crippen molar-refractivity contribution in [2.24, 2.45) is 4.99 Å². The van der Waals surface area contributed by atoms with Gasteiger partial charge in [0.15, 0.2) is 0 Å². The van der Waals surface area contributed by atoms with Gasteiger partial charge in [-0.3, -0.25) is 15.0 Å². The molecule has 0 atom stereocenters. The summed E-state index contributed by atoms with van der Waals surface area (Å²) in [4.78, 5) is 15.4. The van der Waals surface area contributed by atoms with E-state index in [2.05, 4.69) is 26.9 Å². The van der Waals surface area contributed by atoms with Gasteiger partial charge in [-0.1, -0.05) is 18.2 Å². The van der Waals surface area contributed by atoms with Crippen LogP contribution in [0.3, 0.4) is 0 Å². The quantitative estimate of drug-likeness (QED) is 0.566. The van der Waals surface area contributed by atoms with Crippen LogP contribution in [0.25, 0.3) is 0 Å². The SMILES string of the molecule is Cc1cc(C=NCCc2ccccn2)c(O)c(CN(C)CCc2ccccn2)c1. The number of likely N-dealkylation sites (N-methyl/N-ethyl adjacent to an activating group) is 1. The summed E-state index contributed by atoms with van der Waals surface area (Å²) in [6.45, 7) is 4.23. The van der Waals surface area contributed by atoms with E-state index in [4.69, 9.17) is 0 Å². The molecule has 29 heavy (non-hydrogen) atoms. The highest BCUT2D eigenvalue weighted by molar-refractivity contribution is 5.84. The molecule has 0 spiro atoms. The number of rotatable bonds is 9. The summed E-state index contributed by atoms with van der Waals surface area (Å²) in [6.07, 6.45) is 7.05. The number of pyridine rings is 2. The van der Waals surface area contributed by atoms with E-state index in [9.17, 15) is 5.11 Å². The lowest BCUT2D eigenvalue weighted by Gasteiger charge is -2.18. The molecule has 3 aromatic rings. The van der Waals surface area contributed by atoms with Crippen LogP contribution in [0.15, 0.2) is 65.9 Å². The Balaban J connectivity index is 1.59. The zero-order valence-corrected chi connectivity index (χ0v) is 17.1. The Morgan fingerprint density at radius 1 is 1.00 bits per heavy atom. The van der Waals surface area contributed by atoms with Gasteiger partial charge < -0.3 is 10.0 Å². The summed E-state index contributed by atoms with van der Waals surface area (Å²) >= 11 is 0. The van der Waals surface area contributed by atoms with Crippen molar-refractivity contribution in [3.63, 3.8) is 0 Å². The minimum atomic E-state index is 0.307. The van der Waals surface area contributed by atoms with E-state index in [1.165, 1.54) is 0 Å². The Bertz CT molecular complexity index is 926. The molecule has 1 N–H and O–H groups in total. The minimum Gasteiger partial charge on any atom is -0.507 e. The van der Waals surface area contributed by atoms with Crippen LogP contribution < -0.4 is 0 Å². The highest BCUT2D eigenvalue weighted by atomic mass is 16.3. The lowest BCUT2D eigenvalue weighted by Crippen LogP contribution is -2.21. The first kappa shape index (κ1) is 20.7. The molecule has 2 aromatic heterocycles. The summed E-state index contributed by atoms with van der Waals surface area (Å²) in [7, 11) is 2.06. The fraction of sp³-hybridized carbons (Fsp3) is 0.292. The standard InChI is InChI=1S/C24H28N4O/c1-19-15-20(17-25-13-9-22-7-3-5-11-26-22)24(29)21(16-19)18-28(2)14-10-23-8-4-6-12-27-23/h3-8,11-12,15-17,29H,9-10,13-14,18H2,1-2H3. The maximum absolute atomic E-state index is 10.7. The average molecular weight is 389 g/mol. The third kappa shape index (κ3) is 6.50. The molecule has 150 valence electrons. The number of hydrogen-bond acceptors (Lipinski definition) is 5. The Morgan fingerprint density at radius 2 is 1.69 bits per heavy atom. The molecule has 0 saturated heterocycles. The summed E-state index contributed by atoms with van der Waals surface area (Å²) in [5.74, 6) is 0.307. The first-order valence-electron chi connectivity index (χ1n) is 9.92. The van der Waals surface area contributed by atoms with Crippen LogP contribution in [-0.2, 0) is 19.4 Å². The second-order valence-corrected chi connectivity index (χ2v) is 7.28. The Kier molecular flexibility index (Phi) is 7.47. The molecule has 0 bridgehead atoms. The first-order valence-corrected chi connectivity index (χ1v) is 9.92. The minimum absolute atomic E-state index is 0.307. The summed E-state index contributed by atoms with van der Waals surface area (Å²) in [5.41, 5.74) is 4.89. The smallest absolute Gasteiger partial charge is 0.128 e. The lowest BCUT2D eigenvalue weighted by molar-refractivity contribution is 0.323. The van der Waals surface area contributed by atoms with Crippen LogP contribution in [0.2, 0.25) is 0 Å². The molecule has 0 unspecified atom stereocenters. The van der Waals surface area contributed by atoms with Crippen molar-refractivity contribution in [1.82, 2.24) is 14.9 Å². The normalized spacial score (nSPS) is 11.4. The van der Waals surface area contributed by atoms with Crippen molar-refractivity contribution in [3.8, 4) is 5.75 Å². The highest BCUT2D eigenvalue weighted by Gasteiger charge is 2.10. The van der Waals surface area contributed by atoms with Crippen molar-refractivity contribution in [3.05, 3.63) is 89.0 Å². The number of hydrogen-bond donors (Lipinski definition) is 1. The lowest BCUT2D eigenvalue weighted by atomic mass is 10.0. The second-order valence-electron chi connectivity index (χ2n) is 7.28. The van der Waals surface area contributed by atoms with Crippen LogP contribution in [0, 0.1) is 6.92 Å². The number of nitrogens with zero attached hydrogens (tertiary/aromatic N) is 4. The van der Waals surface area contributed by atoms with Gasteiger partial charge >= 0.3 is 0 Å². The molecule has 5 heteroatoms. The van der Waals surface area contributed by atoms with Gasteiger partial charge in [-0.15, -0.1) is 0 Å². The molecular formula is C24H28N4O. The maximum Gasteiger partial charge on any atom is 0.128 e. The fourth-order valence-electron chi connectivity index (χ4n) is 3.21. The number of aliphatic imine (C=N–C) groups is 1. The van der Waals surface area contributed by atoms with Crippen LogP contribution in [0.5, 0.6) is 5.75 Å². The molecule has 0 aliphatic rings. The van der Waals surface area contributed by atoms with Crippen LogP contribution >= 0.6 is 0 Å². The van der Waals surface area contributed by atoms with Gasteiger partial charge in [0.25, 0.3) is 0 Å².